The lowest BCUT2D eigenvalue weighted by Gasteiger charge is -2.00. The number of ether oxygens (including phenoxy) is 1. The number of hydrogen-bond donors (Lipinski definition) is 3. The van der Waals surface area contributed by atoms with Crippen LogP contribution < -0.4 is 10.5 Å². The molecule has 20 heavy (non-hydrogen) atoms. The summed E-state index contributed by atoms with van der Waals surface area (Å²) in [5, 5.41) is 0. The molecule has 0 saturated carbocycles. The molecule has 0 fully saturated rings. The number of rotatable bonds is 5. The lowest BCUT2D eigenvalue weighted by Crippen LogP contribution is -1.97. The topological polar surface area (TPSA) is 63.4 Å². The van der Waals surface area contributed by atoms with Gasteiger partial charge in [-0.2, -0.15) is 0 Å². The Balaban J connectivity index is 1.91. The number of aliphatic imine (C=N–C) groups is 1. The number of H-pyrrole nitrogens is 1. The Morgan fingerprint density at radius 3 is 2.85 bits per heavy atom. The molecule has 0 aliphatic rings. The molecule has 0 bridgehead atoms. The second-order valence-electron chi connectivity index (χ2n) is 4.21. The zero-order valence-corrected chi connectivity index (χ0v) is 12.1. The number of thiol groups is 1. The lowest BCUT2D eigenvalue weighted by atomic mass is 10.2. The maximum absolute atomic E-state index is 5.89. The monoisotopic (exact) mass is 287 g/mol. The zero-order valence-electron chi connectivity index (χ0n) is 11.2. The number of allylic oxidation sites excluding steroid dienone is 1. The normalized spacial score (nSPS) is 12.5. The van der Waals surface area contributed by atoms with Crippen molar-refractivity contribution in [3.05, 3.63) is 53.1 Å². The van der Waals surface area contributed by atoms with Crippen LogP contribution in [0.15, 0.2) is 52.5 Å². The first-order chi connectivity index (χ1) is 9.66. The molecule has 2 rings (SSSR count). The summed E-state index contributed by atoms with van der Waals surface area (Å²) >= 11 is 4.22. The van der Waals surface area contributed by atoms with Crippen LogP contribution in [0, 0.1) is 0 Å². The van der Waals surface area contributed by atoms with Gasteiger partial charge in [0.1, 0.15) is 18.2 Å². The maximum Gasteiger partial charge on any atom is 0.130 e. The largest absolute Gasteiger partial charge is 0.488 e. The summed E-state index contributed by atoms with van der Waals surface area (Å²) in [6, 6.07) is 11.5. The summed E-state index contributed by atoms with van der Waals surface area (Å²) in [7, 11) is 0. The van der Waals surface area contributed by atoms with E-state index in [0.29, 0.717) is 12.3 Å². The fraction of sp³-hybridized carbons (Fsp3) is 0.133. The number of benzene rings is 1. The molecule has 0 spiro atoms. The van der Waals surface area contributed by atoms with Crippen molar-refractivity contribution in [3.63, 3.8) is 0 Å². The van der Waals surface area contributed by atoms with Gasteiger partial charge in [-0.15, -0.1) is 12.6 Å². The molecule has 1 aromatic carbocycles. The molecule has 1 aromatic heterocycles. The zero-order chi connectivity index (χ0) is 14.4. The highest BCUT2D eigenvalue weighted by Gasteiger charge is 2.02. The van der Waals surface area contributed by atoms with Gasteiger partial charge in [0, 0.05) is 28.6 Å². The second-order valence-corrected chi connectivity index (χ2v) is 4.88. The van der Waals surface area contributed by atoms with Gasteiger partial charge in [0.05, 0.1) is 0 Å². The van der Waals surface area contributed by atoms with Crippen molar-refractivity contribution in [3.8, 4) is 5.75 Å². The third-order valence-electron chi connectivity index (χ3n) is 2.67. The highest BCUT2D eigenvalue weighted by Crippen LogP contribution is 2.20. The molecule has 1 heterocycles. The molecule has 104 valence electrons. The molecule has 0 unspecified atom stereocenters. The number of para-hydroxylation sites is 1. The summed E-state index contributed by atoms with van der Waals surface area (Å²) in [6.07, 6.45) is 3.51. The fourth-order valence-corrected chi connectivity index (χ4v) is 1.74. The number of nitrogens with one attached hydrogen (secondary N) is 1. The van der Waals surface area contributed by atoms with E-state index in [4.69, 9.17) is 10.5 Å². The number of hydrogen-bond acceptors (Lipinski definition) is 4. The van der Waals surface area contributed by atoms with Gasteiger partial charge in [-0.25, -0.2) is 4.99 Å². The summed E-state index contributed by atoms with van der Waals surface area (Å²) in [5.41, 5.74) is 7.42. The Morgan fingerprint density at radius 2 is 2.15 bits per heavy atom. The standard InChI is InChI=1S/C15H17N3OS/c1-11(20)15(16)12-9-14(18-10-12)17-7-8-19-13-5-3-2-4-6-13/h2-7,9-10,18,20H,8,16H2,1H3/b15-11-,17-7-. The van der Waals surface area contributed by atoms with E-state index < -0.39 is 0 Å². The number of nitrogens with two attached hydrogens (primary N) is 1. The lowest BCUT2D eigenvalue weighted by molar-refractivity contribution is 0.380. The van der Waals surface area contributed by atoms with Gasteiger partial charge < -0.3 is 15.5 Å². The highest BCUT2D eigenvalue weighted by atomic mass is 32.1. The number of nitrogens with zero attached hydrogens (tertiary/aromatic N) is 1. The van der Waals surface area contributed by atoms with E-state index in [1.807, 2.05) is 43.3 Å². The first-order valence-electron chi connectivity index (χ1n) is 6.21. The van der Waals surface area contributed by atoms with E-state index in [-0.39, 0.29) is 0 Å². The third-order valence-corrected chi connectivity index (χ3v) is 2.91. The predicted octanol–water partition coefficient (Wildman–Crippen LogP) is 3.37. The molecule has 0 aliphatic heterocycles. The van der Waals surface area contributed by atoms with Crippen molar-refractivity contribution in [1.82, 2.24) is 4.98 Å². The van der Waals surface area contributed by atoms with Crippen LogP contribution in [-0.4, -0.2) is 17.8 Å². The summed E-state index contributed by atoms with van der Waals surface area (Å²) in [4.78, 5) is 8.10. The Kier molecular flexibility index (Phi) is 4.90. The maximum atomic E-state index is 5.89. The summed E-state index contributed by atoms with van der Waals surface area (Å²) < 4.78 is 5.51. The smallest absolute Gasteiger partial charge is 0.130 e. The van der Waals surface area contributed by atoms with Gasteiger partial charge in [-0.05, 0) is 25.1 Å². The van der Waals surface area contributed by atoms with E-state index in [1.165, 1.54) is 0 Å². The highest BCUT2D eigenvalue weighted by molar-refractivity contribution is 7.84. The molecular weight excluding hydrogens is 270 g/mol. The first kappa shape index (κ1) is 14.3. The molecule has 3 N–H and O–H groups in total. The second kappa shape index (κ2) is 6.86. The van der Waals surface area contributed by atoms with Crippen molar-refractivity contribution in [2.75, 3.05) is 6.61 Å². The average Bonchev–Trinajstić information content (AvgIpc) is 2.92. The molecule has 5 heteroatoms. The van der Waals surface area contributed by atoms with Crippen LogP contribution in [0.3, 0.4) is 0 Å². The third kappa shape index (κ3) is 3.93. The minimum atomic E-state index is 0.412. The first-order valence-corrected chi connectivity index (χ1v) is 6.66. The average molecular weight is 287 g/mol. The summed E-state index contributed by atoms with van der Waals surface area (Å²) in [5.74, 6) is 1.55. The summed E-state index contributed by atoms with van der Waals surface area (Å²) in [6.45, 7) is 2.26. The molecule has 0 amide bonds. The SMILES string of the molecule is C/C(S)=C(/N)c1c[nH]c(/N=C\COc2ccccc2)c1. The molecule has 0 atom stereocenters. The molecular formula is C15H17N3OS. The van der Waals surface area contributed by atoms with Crippen LogP contribution in [0.4, 0.5) is 5.82 Å². The number of aromatic amines is 1. The molecule has 2 aromatic rings. The van der Waals surface area contributed by atoms with Crippen molar-refractivity contribution >= 4 is 30.4 Å². The molecule has 0 radical (unpaired) electrons. The predicted molar refractivity (Wildman–Crippen MR) is 86.6 cm³/mol. The van der Waals surface area contributed by atoms with Crippen LogP contribution >= 0.6 is 12.6 Å². The number of aromatic nitrogens is 1. The Labute approximate surface area is 123 Å². The van der Waals surface area contributed by atoms with Crippen molar-refractivity contribution in [1.29, 1.82) is 0 Å². The Hall–Kier alpha value is -2.14. The van der Waals surface area contributed by atoms with Gasteiger partial charge in [-0.1, -0.05) is 18.2 Å². The molecule has 0 aliphatic carbocycles. The molecule has 4 nitrogen and oxygen atoms in total. The minimum Gasteiger partial charge on any atom is -0.488 e. The fourth-order valence-electron chi connectivity index (χ4n) is 1.61. The van der Waals surface area contributed by atoms with Gasteiger partial charge >= 0.3 is 0 Å². The van der Waals surface area contributed by atoms with Gasteiger partial charge in [-0.3, -0.25) is 0 Å². The Bertz CT molecular complexity index is 613. The molecule has 0 saturated heterocycles. The van der Waals surface area contributed by atoms with Crippen LogP contribution in [-0.2, 0) is 0 Å². The van der Waals surface area contributed by atoms with E-state index >= 15 is 0 Å². The van der Waals surface area contributed by atoms with Crippen molar-refractivity contribution in [2.24, 2.45) is 10.7 Å². The van der Waals surface area contributed by atoms with E-state index in [9.17, 15) is 0 Å². The van der Waals surface area contributed by atoms with Gasteiger partial charge in [0.15, 0.2) is 0 Å². The minimum absolute atomic E-state index is 0.412. The van der Waals surface area contributed by atoms with Gasteiger partial charge in [0.25, 0.3) is 0 Å². The quantitative estimate of drug-likeness (QED) is 0.583. The van der Waals surface area contributed by atoms with E-state index in [0.717, 1.165) is 22.0 Å². The van der Waals surface area contributed by atoms with E-state index in [1.54, 1.807) is 12.4 Å². The van der Waals surface area contributed by atoms with Crippen molar-refractivity contribution in [2.45, 2.75) is 6.92 Å². The van der Waals surface area contributed by atoms with E-state index in [2.05, 4.69) is 22.6 Å². The van der Waals surface area contributed by atoms with Gasteiger partial charge in [0.2, 0.25) is 0 Å². The van der Waals surface area contributed by atoms with Crippen LogP contribution in [0.2, 0.25) is 0 Å². The van der Waals surface area contributed by atoms with Crippen molar-refractivity contribution < 1.29 is 4.74 Å². The van der Waals surface area contributed by atoms with Crippen LogP contribution in [0.1, 0.15) is 12.5 Å². The Morgan fingerprint density at radius 1 is 1.40 bits per heavy atom. The van der Waals surface area contributed by atoms with Crippen LogP contribution in [0.5, 0.6) is 5.75 Å². The van der Waals surface area contributed by atoms with Crippen LogP contribution in [0.25, 0.3) is 5.70 Å².